The predicted molar refractivity (Wildman–Crippen MR) is 88.8 cm³/mol. The standard InChI is InChI=1S/C16H18Cl2O2S/c17-12-1-2-14(18)13(9-12)15(19)11-3-6-20-16(10-11)4-7-21-8-5-16/h1-2,9,11H,3-8,10H2. The van der Waals surface area contributed by atoms with Gasteiger partial charge in [-0.15, -0.1) is 0 Å². The van der Waals surface area contributed by atoms with E-state index in [2.05, 4.69) is 0 Å². The molecule has 3 rings (SSSR count). The van der Waals surface area contributed by atoms with Crippen molar-refractivity contribution < 1.29 is 9.53 Å². The lowest BCUT2D eigenvalue weighted by molar-refractivity contribution is -0.0959. The van der Waals surface area contributed by atoms with Gasteiger partial charge in [-0.2, -0.15) is 11.8 Å². The lowest BCUT2D eigenvalue weighted by Gasteiger charge is -2.43. The average Bonchev–Trinajstić information content (AvgIpc) is 2.50. The fraction of sp³-hybridized carbons (Fsp3) is 0.562. The Hall–Kier alpha value is -0.220. The number of halogens is 2. The van der Waals surface area contributed by atoms with Crippen LogP contribution in [-0.2, 0) is 4.74 Å². The monoisotopic (exact) mass is 344 g/mol. The van der Waals surface area contributed by atoms with Crippen molar-refractivity contribution in [2.45, 2.75) is 31.3 Å². The van der Waals surface area contributed by atoms with Gasteiger partial charge in [0.05, 0.1) is 10.6 Å². The predicted octanol–water partition coefficient (Wildman–Crippen LogP) is 4.87. The number of ether oxygens (including phenoxy) is 1. The minimum atomic E-state index is -0.0884. The van der Waals surface area contributed by atoms with Crippen molar-refractivity contribution >= 4 is 40.7 Å². The Labute approximate surface area is 139 Å². The normalized spacial score (nSPS) is 25.0. The van der Waals surface area contributed by atoms with Crippen molar-refractivity contribution in [3.63, 3.8) is 0 Å². The van der Waals surface area contributed by atoms with Crippen molar-refractivity contribution in [3.8, 4) is 0 Å². The van der Waals surface area contributed by atoms with Crippen LogP contribution in [-0.4, -0.2) is 29.5 Å². The number of benzene rings is 1. The molecule has 0 aromatic heterocycles. The molecule has 1 unspecified atom stereocenters. The Balaban J connectivity index is 1.79. The highest BCUT2D eigenvalue weighted by molar-refractivity contribution is 7.99. The van der Waals surface area contributed by atoms with E-state index in [9.17, 15) is 4.79 Å². The highest BCUT2D eigenvalue weighted by Gasteiger charge is 2.41. The molecule has 1 aromatic rings. The second kappa shape index (κ2) is 6.49. The molecule has 1 spiro atoms. The first-order valence-corrected chi connectivity index (χ1v) is 9.22. The molecule has 2 aliphatic heterocycles. The van der Waals surface area contributed by atoms with Crippen molar-refractivity contribution in [1.82, 2.24) is 0 Å². The number of thioether (sulfide) groups is 1. The van der Waals surface area contributed by atoms with Crippen molar-refractivity contribution in [3.05, 3.63) is 33.8 Å². The van der Waals surface area contributed by atoms with Crippen molar-refractivity contribution in [2.75, 3.05) is 18.1 Å². The largest absolute Gasteiger partial charge is 0.375 e. The zero-order valence-electron chi connectivity index (χ0n) is 11.7. The quantitative estimate of drug-likeness (QED) is 0.716. The third-order valence-electron chi connectivity index (χ3n) is 4.46. The van der Waals surface area contributed by atoms with Crippen LogP contribution in [0.15, 0.2) is 18.2 Å². The third kappa shape index (κ3) is 3.42. The van der Waals surface area contributed by atoms with Gasteiger partial charge in [0.25, 0.3) is 0 Å². The summed E-state index contributed by atoms with van der Waals surface area (Å²) >= 11 is 14.1. The Morgan fingerprint density at radius 2 is 2.05 bits per heavy atom. The van der Waals surface area contributed by atoms with E-state index in [4.69, 9.17) is 27.9 Å². The van der Waals surface area contributed by atoms with E-state index in [1.807, 2.05) is 11.8 Å². The summed E-state index contributed by atoms with van der Waals surface area (Å²) in [6.07, 6.45) is 3.68. The molecule has 0 amide bonds. The van der Waals surface area contributed by atoms with Gasteiger partial charge in [0.1, 0.15) is 0 Å². The van der Waals surface area contributed by atoms with E-state index < -0.39 is 0 Å². The van der Waals surface area contributed by atoms with Crippen LogP contribution in [0.25, 0.3) is 0 Å². The molecule has 1 aromatic carbocycles. The molecule has 21 heavy (non-hydrogen) atoms. The summed E-state index contributed by atoms with van der Waals surface area (Å²) in [5.41, 5.74) is 0.464. The van der Waals surface area contributed by atoms with Crippen LogP contribution in [0, 0.1) is 5.92 Å². The highest BCUT2D eigenvalue weighted by atomic mass is 35.5. The zero-order valence-corrected chi connectivity index (χ0v) is 14.1. The minimum Gasteiger partial charge on any atom is -0.375 e. The highest BCUT2D eigenvalue weighted by Crippen LogP contribution is 2.41. The summed E-state index contributed by atoms with van der Waals surface area (Å²) in [7, 11) is 0. The van der Waals surface area contributed by atoms with Gasteiger partial charge in [0.15, 0.2) is 5.78 Å². The number of ketones is 1. The topological polar surface area (TPSA) is 26.3 Å². The molecule has 2 nitrogen and oxygen atoms in total. The van der Waals surface area contributed by atoms with E-state index in [0.29, 0.717) is 22.2 Å². The molecule has 0 N–H and O–H groups in total. The summed E-state index contributed by atoms with van der Waals surface area (Å²) in [4.78, 5) is 12.8. The number of rotatable bonds is 2. The number of Topliss-reactive ketones (excluding diaryl/α,β-unsaturated/α-hetero) is 1. The van der Waals surface area contributed by atoms with Crippen molar-refractivity contribution in [2.24, 2.45) is 5.92 Å². The van der Waals surface area contributed by atoms with Gasteiger partial charge in [-0.05, 0) is 55.4 Å². The third-order valence-corrected chi connectivity index (χ3v) is 6.01. The number of hydrogen-bond donors (Lipinski definition) is 0. The van der Waals surface area contributed by atoms with Gasteiger partial charge in [-0.3, -0.25) is 4.79 Å². The molecule has 2 fully saturated rings. The van der Waals surface area contributed by atoms with Crippen LogP contribution in [0.1, 0.15) is 36.0 Å². The van der Waals surface area contributed by atoms with E-state index in [1.54, 1.807) is 18.2 Å². The van der Waals surface area contributed by atoms with Crippen LogP contribution in [0.5, 0.6) is 0 Å². The molecule has 2 saturated heterocycles. The van der Waals surface area contributed by atoms with Crippen LogP contribution >= 0.6 is 35.0 Å². The molecule has 5 heteroatoms. The second-order valence-electron chi connectivity index (χ2n) is 5.82. The number of carbonyl (C=O) groups excluding carboxylic acids is 1. The van der Waals surface area contributed by atoms with Gasteiger partial charge < -0.3 is 4.74 Å². The fourth-order valence-electron chi connectivity index (χ4n) is 3.25. The molecule has 0 radical (unpaired) electrons. The SMILES string of the molecule is O=C(c1cc(Cl)ccc1Cl)C1CCOC2(CCSCC2)C1. The van der Waals surface area contributed by atoms with Gasteiger partial charge in [-0.25, -0.2) is 0 Å². The van der Waals surface area contributed by atoms with Gasteiger partial charge in [-0.1, -0.05) is 23.2 Å². The van der Waals surface area contributed by atoms with E-state index in [0.717, 1.165) is 37.2 Å². The molecule has 0 bridgehead atoms. The average molecular weight is 345 g/mol. The fourth-order valence-corrected chi connectivity index (χ4v) is 4.87. The van der Waals surface area contributed by atoms with Crippen LogP contribution < -0.4 is 0 Å². The van der Waals surface area contributed by atoms with Gasteiger partial charge >= 0.3 is 0 Å². The maximum Gasteiger partial charge on any atom is 0.167 e. The van der Waals surface area contributed by atoms with Crippen LogP contribution in [0.4, 0.5) is 0 Å². The lowest BCUT2D eigenvalue weighted by atomic mass is 9.79. The molecule has 114 valence electrons. The van der Waals surface area contributed by atoms with E-state index in [1.165, 1.54) is 0 Å². The van der Waals surface area contributed by atoms with Gasteiger partial charge in [0, 0.05) is 23.1 Å². The van der Waals surface area contributed by atoms with Crippen LogP contribution in [0.2, 0.25) is 10.0 Å². The first kappa shape index (κ1) is 15.7. The Morgan fingerprint density at radius 3 is 2.81 bits per heavy atom. The smallest absolute Gasteiger partial charge is 0.167 e. The second-order valence-corrected chi connectivity index (χ2v) is 7.89. The first-order valence-electron chi connectivity index (χ1n) is 7.31. The van der Waals surface area contributed by atoms with Crippen LogP contribution in [0.3, 0.4) is 0 Å². The Morgan fingerprint density at radius 1 is 1.29 bits per heavy atom. The Bertz CT molecular complexity index is 536. The zero-order chi connectivity index (χ0) is 14.9. The summed E-state index contributed by atoms with van der Waals surface area (Å²) in [5.74, 6) is 2.36. The van der Waals surface area contributed by atoms with Crippen molar-refractivity contribution in [1.29, 1.82) is 0 Å². The molecule has 0 saturated carbocycles. The first-order chi connectivity index (χ1) is 10.1. The summed E-state index contributed by atoms with van der Waals surface area (Å²) in [6, 6.07) is 5.10. The summed E-state index contributed by atoms with van der Waals surface area (Å²) in [6.45, 7) is 0.666. The summed E-state index contributed by atoms with van der Waals surface area (Å²) in [5, 5.41) is 1.04. The molecular weight excluding hydrogens is 327 g/mol. The maximum atomic E-state index is 12.8. The molecular formula is C16H18Cl2O2S. The van der Waals surface area contributed by atoms with Gasteiger partial charge in [0.2, 0.25) is 0 Å². The minimum absolute atomic E-state index is 0.00202. The molecule has 0 aliphatic carbocycles. The maximum absolute atomic E-state index is 12.8. The number of carbonyl (C=O) groups is 1. The molecule has 2 heterocycles. The summed E-state index contributed by atoms with van der Waals surface area (Å²) < 4.78 is 6.05. The Kier molecular flexibility index (Phi) is 4.84. The number of hydrogen-bond acceptors (Lipinski definition) is 3. The van der Waals surface area contributed by atoms with E-state index in [-0.39, 0.29) is 17.3 Å². The molecule has 2 aliphatic rings. The lowest BCUT2D eigenvalue weighted by Crippen LogP contribution is -2.44. The molecule has 1 atom stereocenters. The van der Waals surface area contributed by atoms with E-state index >= 15 is 0 Å².